The van der Waals surface area contributed by atoms with Crippen LogP contribution >= 0.6 is 15.9 Å². The molecular weight excluding hydrogens is 270 g/mol. The van der Waals surface area contributed by atoms with Gasteiger partial charge in [0.05, 0.1) is 12.6 Å². The first kappa shape index (κ1) is 10.1. The number of benzene rings is 1. The van der Waals surface area contributed by atoms with Crippen molar-refractivity contribution in [3.05, 3.63) is 34.3 Å². The largest absolute Gasteiger partial charge is 0.336 e. The average Bonchev–Trinajstić information content (AvgIpc) is 2.47. The van der Waals surface area contributed by atoms with E-state index in [0.29, 0.717) is 0 Å². The minimum absolute atomic E-state index is 0.157. The van der Waals surface area contributed by atoms with E-state index in [0.717, 1.165) is 10.0 Å². The third-order valence-corrected chi connectivity index (χ3v) is 3.50. The lowest BCUT2D eigenvalue weighted by Crippen LogP contribution is -2.19. The Labute approximate surface area is 90.7 Å². The first-order valence-electron chi connectivity index (χ1n) is 3.99. The number of hydrogen-bond acceptors (Lipinski definition) is 3. The molecule has 1 unspecified atom stereocenters. The fourth-order valence-corrected chi connectivity index (χ4v) is 2.46. The van der Waals surface area contributed by atoms with Crippen molar-refractivity contribution >= 4 is 26.2 Å². The number of rotatable bonds is 1. The standard InChI is InChI=1S/C8H8BrNO3S/c9-7-3-1-6(2-4-7)8-5-13-14(11,12)10-8/h1-4,8,10H,5H2. The molecule has 4 nitrogen and oxygen atoms in total. The molecule has 0 aliphatic carbocycles. The summed E-state index contributed by atoms with van der Waals surface area (Å²) in [5, 5.41) is 0. The summed E-state index contributed by atoms with van der Waals surface area (Å²) in [5.41, 5.74) is 0.897. The number of hydrogen-bond donors (Lipinski definition) is 1. The van der Waals surface area contributed by atoms with Crippen molar-refractivity contribution in [3.63, 3.8) is 0 Å². The smallest absolute Gasteiger partial charge is 0.256 e. The van der Waals surface area contributed by atoms with Crippen LogP contribution in [0.4, 0.5) is 0 Å². The molecular formula is C8H8BrNO3S. The molecule has 1 aromatic carbocycles. The maximum atomic E-state index is 10.9. The topological polar surface area (TPSA) is 55.4 Å². The van der Waals surface area contributed by atoms with E-state index in [4.69, 9.17) is 0 Å². The average molecular weight is 278 g/mol. The van der Waals surface area contributed by atoms with Crippen LogP contribution in [0.1, 0.15) is 11.6 Å². The molecule has 0 aromatic heterocycles. The summed E-state index contributed by atoms with van der Waals surface area (Å²) < 4.78 is 29.8. The van der Waals surface area contributed by atoms with E-state index < -0.39 is 10.3 Å². The Morgan fingerprint density at radius 1 is 1.36 bits per heavy atom. The van der Waals surface area contributed by atoms with Crippen LogP contribution in [-0.2, 0) is 14.5 Å². The molecule has 1 saturated heterocycles. The number of nitrogens with one attached hydrogen (secondary N) is 1. The van der Waals surface area contributed by atoms with Crippen LogP contribution in [0.2, 0.25) is 0 Å². The van der Waals surface area contributed by atoms with Gasteiger partial charge in [0.2, 0.25) is 0 Å². The molecule has 0 radical (unpaired) electrons. The van der Waals surface area contributed by atoms with Crippen LogP contribution in [0.3, 0.4) is 0 Å². The second-order valence-corrected chi connectivity index (χ2v) is 5.26. The van der Waals surface area contributed by atoms with Gasteiger partial charge in [-0.15, -0.1) is 0 Å². The van der Waals surface area contributed by atoms with Gasteiger partial charge in [0.1, 0.15) is 0 Å². The highest BCUT2D eigenvalue weighted by Gasteiger charge is 2.28. The minimum Gasteiger partial charge on any atom is -0.256 e. The van der Waals surface area contributed by atoms with Crippen molar-refractivity contribution in [2.75, 3.05) is 6.61 Å². The zero-order valence-electron chi connectivity index (χ0n) is 7.10. The van der Waals surface area contributed by atoms with Crippen molar-refractivity contribution in [1.29, 1.82) is 0 Å². The Kier molecular flexibility index (Phi) is 2.61. The highest BCUT2D eigenvalue weighted by molar-refractivity contribution is 9.10. The Hall–Kier alpha value is -0.430. The van der Waals surface area contributed by atoms with E-state index in [9.17, 15) is 8.42 Å². The summed E-state index contributed by atoms with van der Waals surface area (Å²) >= 11 is 3.31. The van der Waals surface area contributed by atoms with Gasteiger partial charge in [-0.3, -0.25) is 4.18 Å². The van der Waals surface area contributed by atoms with Crippen LogP contribution in [0.15, 0.2) is 28.7 Å². The van der Waals surface area contributed by atoms with Gasteiger partial charge in [-0.1, -0.05) is 28.1 Å². The first-order chi connectivity index (χ1) is 6.57. The summed E-state index contributed by atoms with van der Waals surface area (Å²) in [4.78, 5) is 0. The van der Waals surface area contributed by atoms with E-state index in [2.05, 4.69) is 24.8 Å². The van der Waals surface area contributed by atoms with Gasteiger partial charge in [-0.05, 0) is 17.7 Å². The molecule has 1 heterocycles. The van der Waals surface area contributed by atoms with Crippen LogP contribution < -0.4 is 4.72 Å². The van der Waals surface area contributed by atoms with Crippen molar-refractivity contribution in [1.82, 2.24) is 4.72 Å². The molecule has 0 bridgehead atoms. The molecule has 0 spiro atoms. The number of halogens is 1. The summed E-state index contributed by atoms with van der Waals surface area (Å²) in [5.74, 6) is 0. The molecule has 1 aromatic rings. The van der Waals surface area contributed by atoms with Gasteiger partial charge < -0.3 is 0 Å². The molecule has 6 heteroatoms. The predicted molar refractivity (Wildman–Crippen MR) is 54.9 cm³/mol. The zero-order valence-corrected chi connectivity index (χ0v) is 9.51. The van der Waals surface area contributed by atoms with Crippen molar-refractivity contribution < 1.29 is 12.6 Å². The van der Waals surface area contributed by atoms with Crippen LogP contribution in [0.25, 0.3) is 0 Å². The molecule has 1 fully saturated rings. The fourth-order valence-electron chi connectivity index (χ4n) is 1.26. The summed E-state index contributed by atoms with van der Waals surface area (Å²) in [6.45, 7) is 0.157. The predicted octanol–water partition coefficient (Wildman–Crippen LogP) is 1.35. The Balaban J connectivity index is 2.22. The lowest BCUT2D eigenvalue weighted by atomic mass is 10.1. The molecule has 1 atom stereocenters. The van der Waals surface area contributed by atoms with E-state index in [1.54, 1.807) is 0 Å². The second kappa shape index (κ2) is 3.62. The third kappa shape index (κ3) is 2.14. The highest BCUT2D eigenvalue weighted by Crippen LogP contribution is 2.22. The molecule has 1 N–H and O–H groups in total. The molecule has 1 aliphatic heterocycles. The van der Waals surface area contributed by atoms with Crippen molar-refractivity contribution in [3.8, 4) is 0 Å². The second-order valence-electron chi connectivity index (χ2n) is 2.96. The van der Waals surface area contributed by atoms with Crippen LogP contribution in [0.5, 0.6) is 0 Å². The van der Waals surface area contributed by atoms with Gasteiger partial charge in [-0.25, -0.2) is 0 Å². The quantitative estimate of drug-likeness (QED) is 0.843. The lowest BCUT2D eigenvalue weighted by molar-refractivity contribution is 0.338. The third-order valence-electron chi connectivity index (χ3n) is 1.95. The normalized spacial score (nSPS) is 25.1. The Morgan fingerprint density at radius 3 is 2.50 bits per heavy atom. The van der Waals surface area contributed by atoms with E-state index in [1.165, 1.54) is 0 Å². The monoisotopic (exact) mass is 277 g/mol. The van der Waals surface area contributed by atoms with Gasteiger partial charge >= 0.3 is 10.3 Å². The molecule has 76 valence electrons. The SMILES string of the molecule is O=S1(=O)NC(c2ccc(Br)cc2)CO1. The molecule has 0 saturated carbocycles. The summed E-state index contributed by atoms with van der Waals surface area (Å²) in [6, 6.07) is 7.16. The van der Waals surface area contributed by atoms with E-state index in [-0.39, 0.29) is 12.6 Å². The van der Waals surface area contributed by atoms with Crippen LogP contribution in [-0.4, -0.2) is 15.0 Å². The van der Waals surface area contributed by atoms with Gasteiger partial charge in [-0.2, -0.15) is 13.1 Å². The van der Waals surface area contributed by atoms with E-state index in [1.807, 2.05) is 24.3 Å². The lowest BCUT2D eigenvalue weighted by Gasteiger charge is -2.06. The van der Waals surface area contributed by atoms with Crippen molar-refractivity contribution in [2.45, 2.75) is 6.04 Å². The Bertz CT molecular complexity index is 428. The zero-order chi connectivity index (χ0) is 10.2. The minimum atomic E-state index is -3.52. The van der Waals surface area contributed by atoms with E-state index >= 15 is 0 Å². The molecule has 2 rings (SSSR count). The summed E-state index contributed by atoms with van der Waals surface area (Å²) in [6.07, 6.45) is 0. The highest BCUT2D eigenvalue weighted by atomic mass is 79.9. The summed E-state index contributed by atoms with van der Waals surface area (Å²) in [7, 11) is -3.52. The molecule has 0 amide bonds. The maximum Gasteiger partial charge on any atom is 0.336 e. The maximum absolute atomic E-state index is 10.9. The Morgan fingerprint density at radius 2 is 2.00 bits per heavy atom. The van der Waals surface area contributed by atoms with Crippen molar-refractivity contribution in [2.24, 2.45) is 0 Å². The molecule has 1 aliphatic rings. The van der Waals surface area contributed by atoms with Gasteiger partial charge in [0, 0.05) is 4.47 Å². The van der Waals surface area contributed by atoms with Gasteiger partial charge in [0.25, 0.3) is 0 Å². The molecule has 14 heavy (non-hydrogen) atoms. The fraction of sp³-hybridized carbons (Fsp3) is 0.250. The van der Waals surface area contributed by atoms with Gasteiger partial charge in [0.15, 0.2) is 0 Å². The van der Waals surface area contributed by atoms with Crippen LogP contribution in [0, 0.1) is 0 Å². The first-order valence-corrected chi connectivity index (χ1v) is 6.19.